The highest BCUT2D eigenvalue weighted by molar-refractivity contribution is 9.10. The van der Waals surface area contributed by atoms with E-state index in [9.17, 15) is 13.5 Å². The van der Waals surface area contributed by atoms with Crippen molar-refractivity contribution in [3.05, 3.63) is 52.5 Å². The topological polar surface area (TPSA) is 66.4 Å². The van der Waals surface area contributed by atoms with Crippen LogP contribution < -0.4 is 5.32 Å². The van der Waals surface area contributed by atoms with Crippen LogP contribution in [0.2, 0.25) is 0 Å². The van der Waals surface area contributed by atoms with Crippen molar-refractivity contribution in [1.82, 2.24) is 0 Å². The summed E-state index contributed by atoms with van der Waals surface area (Å²) in [5.74, 6) is 0.194. The van der Waals surface area contributed by atoms with Gasteiger partial charge in [-0.15, -0.1) is 0 Å². The first kappa shape index (κ1) is 14.9. The average molecular weight is 356 g/mol. The van der Waals surface area contributed by atoms with Crippen molar-refractivity contribution >= 4 is 31.5 Å². The first-order valence-electron chi connectivity index (χ1n) is 5.87. The van der Waals surface area contributed by atoms with Crippen LogP contribution in [0.5, 0.6) is 5.75 Å². The Morgan fingerprint density at radius 2 is 1.95 bits per heavy atom. The van der Waals surface area contributed by atoms with Gasteiger partial charge in [-0.05, 0) is 36.4 Å². The average Bonchev–Trinajstić information content (AvgIpc) is 2.39. The Bertz CT molecular complexity index is 729. The summed E-state index contributed by atoms with van der Waals surface area (Å²) in [5.41, 5.74) is 1.41. The van der Waals surface area contributed by atoms with Gasteiger partial charge in [-0.1, -0.05) is 22.0 Å². The standard InChI is InChI=1S/C14H14BrNO3S/c1-20(18,19)13-4-2-3-12(8-13)16-9-10-7-11(15)5-6-14(10)17/h2-8,16-17H,9H2,1H3. The van der Waals surface area contributed by atoms with E-state index >= 15 is 0 Å². The number of rotatable bonds is 4. The molecule has 0 atom stereocenters. The van der Waals surface area contributed by atoms with Crippen molar-refractivity contribution in [3.8, 4) is 5.75 Å². The summed E-state index contributed by atoms with van der Waals surface area (Å²) in [6, 6.07) is 11.8. The second-order valence-corrected chi connectivity index (χ2v) is 7.36. The van der Waals surface area contributed by atoms with Gasteiger partial charge in [0.1, 0.15) is 5.75 Å². The van der Waals surface area contributed by atoms with Crippen LogP contribution in [0.15, 0.2) is 51.8 Å². The molecular weight excluding hydrogens is 342 g/mol. The van der Waals surface area contributed by atoms with E-state index in [4.69, 9.17) is 0 Å². The van der Waals surface area contributed by atoms with E-state index in [1.165, 1.54) is 6.26 Å². The summed E-state index contributed by atoms with van der Waals surface area (Å²) in [7, 11) is -3.22. The summed E-state index contributed by atoms with van der Waals surface area (Å²) < 4.78 is 23.8. The number of anilines is 1. The highest BCUT2D eigenvalue weighted by Gasteiger charge is 2.07. The molecule has 2 aromatic rings. The van der Waals surface area contributed by atoms with Gasteiger partial charge in [0.2, 0.25) is 0 Å². The van der Waals surface area contributed by atoms with E-state index in [0.717, 1.165) is 10.0 Å². The lowest BCUT2D eigenvalue weighted by Crippen LogP contribution is -2.02. The molecule has 0 fully saturated rings. The number of benzene rings is 2. The molecule has 0 unspecified atom stereocenters. The van der Waals surface area contributed by atoms with E-state index in [-0.39, 0.29) is 10.6 Å². The van der Waals surface area contributed by atoms with Crippen molar-refractivity contribution in [2.24, 2.45) is 0 Å². The zero-order valence-corrected chi connectivity index (χ0v) is 13.2. The maximum Gasteiger partial charge on any atom is 0.175 e. The minimum Gasteiger partial charge on any atom is -0.508 e. The predicted molar refractivity (Wildman–Crippen MR) is 82.7 cm³/mol. The highest BCUT2D eigenvalue weighted by Crippen LogP contribution is 2.23. The molecule has 0 aliphatic carbocycles. The number of phenolic OH excluding ortho intramolecular Hbond substituents is 1. The number of nitrogens with one attached hydrogen (secondary N) is 1. The Hall–Kier alpha value is -1.53. The number of phenols is 1. The lowest BCUT2D eigenvalue weighted by Gasteiger charge is -2.09. The number of hydrogen-bond acceptors (Lipinski definition) is 4. The molecular formula is C14H14BrNO3S. The molecule has 0 bridgehead atoms. The molecule has 106 valence electrons. The third kappa shape index (κ3) is 3.74. The lowest BCUT2D eigenvalue weighted by atomic mass is 10.2. The molecule has 0 aromatic heterocycles. The van der Waals surface area contributed by atoms with Gasteiger partial charge < -0.3 is 10.4 Å². The predicted octanol–water partition coefficient (Wildman–Crippen LogP) is 3.17. The minimum atomic E-state index is -3.22. The van der Waals surface area contributed by atoms with Crippen LogP contribution in [0.1, 0.15) is 5.56 Å². The van der Waals surface area contributed by atoms with Crippen molar-refractivity contribution in [3.63, 3.8) is 0 Å². The van der Waals surface area contributed by atoms with Crippen LogP contribution in [0.25, 0.3) is 0 Å². The van der Waals surface area contributed by atoms with Gasteiger partial charge in [-0.3, -0.25) is 0 Å². The lowest BCUT2D eigenvalue weighted by molar-refractivity contribution is 0.469. The molecule has 2 rings (SSSR count). The third-order valence-electron chi connectivity index (χ3n) is 2.79. The van der Waals surface area contributed by atoms with E-state index in [1.807, 2.05) is 6.07 Å². The van der Waals surface area contributed by atoms with Crippen molar-refractivity contribution < 1.29 is 13.5 Å². The van der Waals surface area contributed by atoms with Gasteiger partial charge >= 0.3 is 0 Å². The smallest absolute Gasteiger partial charge is 0.175 e. The summed E-state index contributed by atoms with van der Waals surface area (Å²) in [6.07, 6.45) is 1.17. The fourth-order valence-corrected chi connectivity index (χ4v) is 2.80. The molecule has 0 saturated carbocycles. The first-order valence-corrected chi connectivity index (χ1v) is 8.56. The number of hydrogen-bond donors (Lipinski definition) is 2. The molecule has 0 aliphatic rings. The van der Waals surface area contributed by atoms with E-state index < -0.39 is 9.84 Å². The van der Waals surface area contributed by atoms with E-state index in [2.05, 4.69) is 21.2 Å². The molecule has 0 amide bonds. The van der Waals surface area contributed by atoms with Crippen molar-refractivity contribution in [2.45, 2.75) is 11.4 Å². The van der Waals surface area contributed by atoms with Gasteiger partial charge in [0, 0.05) is 28.5 Å². The summed E-state index contributed by atoms with van der Waals surface area (Å²) in [4.78, 5) is 0.265. The van der Waals surface area contributed by atoms with Crippen LogP contribution in [0.3, 0.4) is 0 Å². The van der Waals surface area contributed by atoms with Gasteiger partial charge in [0.05, 0.1) is 4.90 Å². The molecule has 2 aromatic carbocycles. The first-order chi connectivity index (χ1) is 9.36. The Labute approximate surface area is 126 Å². The molecule has 0 radical (unpaired) electrons. The van der Waals surface area contributed by atoms with Crippen LogP contribution in [-0.4, -0.2) is 19.8 Å². The highest BCUT2D eigenvalue weighted by atomic mass is 79.9. The quantitative estimate of drug-likeness (QED) is 0.883. The molecule has 4 nitrogen and oxygen atoms in total. The van der Waals surface area contributed by atoms with Gasteiger partial charge in [-0.2, -0.15) is 0 Å². The second kappa shape index (κ2) is 5.85. The monoisotopic (exact) mass is 355 g/mol. The Morgan fingerprint density at radius 3 is 2.65 bits per heavy atom. The largest absolute Gasteiger partial charge is 0.508 e. The number of halogens is 1. The van der Waals surface area contributed by atoms with E-state index in [1.54, 1.807) is 36.4 Å². The Kier molecular flexibility index (Phi) is 4.35. The van der Waals surface area contributed by atoms with Gasteiger partial charge in [0.15, 0.2) is 9.84 Å². The zero-order valence-electron chi connectivity index (χ0n) is 10.8. The maximum atomic E-state index is 11.5. The summed E-state index contributed by atoms with van der Waals surface area (Å²) in [6.45, 7) is 0.401. The Morgan fingerprint density at radius 1 is 1.20 bits per heavy atom. The molecule has 20 heavy (non-hydrogen) atoms. The van der Waals surface area contributed by atoms with Crippen molar-refractivity contribution in [2.75, 3.05) is 11.6 Å². The number of sulfone groups is 1. The molecule has 0 saturated heterocycles. The van der Waals surface area contributed by atoms with Crippen molar-refractivity contribution in [1.29, 1.82) is 0 Å². The van der Waals surface area contributed by atoms with E-state index in [0.29, 0.717) is 12.2 Å². The minimum absolute atomic E-state index is 0.194. The normalized spacial score (nSPS) is 11.3. The maximum absolute atomic E-state index is 11.5. The third-order valence-corrected chi connectivity index (χ3v) is 4.39. The molecule has 6 heteroatoms. The SMILES string of the molecule is CS(=O)(=O)c1cccc(NCc2cc(Br)ccc2O)c1. The zero-order chi connectivity index (χ0) is 14.8. The molecule has 0 spiro atoms. The summed E-state index contributed by atoms with van der Waals surface area (Å²) >= 11 is 3.34. The van der Waals surface area contributed by atoms with Gasteiger partial charge in [0.25, 0.3) is 0 Å². The van der Waals surface area contributed by atoms with Crippen LogP contribution in [-0.2, 0) is 16.4 Å². The van der Waals surface area contributed by atoms with Crippen LogP contribution in [0, 0.1) is 0 Å². The fourth-order valence-electron chi connectivity index (χ4n) is 1.73. The summed E-state index contributed by atoms with van der Waals surface area (Å²) in [5, 5.41) is 12.8. The molecule has 2 N–H and O–H groups in total. The fraction of sp³-hybridized carbons (Fsp3) is 0.143. The van der Waals surface area contributed by atoms with Crippen LogP contribution >= 0.6 is 15.9 Å². The molecule has 0 aliphatic heterocycles. The van der Waals surface area contributed by atoms with Crippen LogP contribution in [0.4, 0.5) is 5.69 Å². The van der Waals surface area contributed by atoms with Gasteiger partial charge in [-0.25, -0.2) is 8.42 Å². The Balaban J connectivity index is 2.17. The second-order valence-electron chi connectivity index (χ2n) is 4.43. The number of aromatic hydroxyl groups is 1. The molecule has 0 heterocycles.